The fraction of sp³-hybridized carbons (Fsp3) is 0.538. The first-order valence-electron chi connectivity index (χ1n) is 5.87. The predicted octanol–water partition coefficient (Wildman–Crippen LogP) is 2.57. The molecule has 0 saturated carbocycles. The van der Waals surface area contributed by atoms with Gasteiger partial charge in [0, 0.05) is 24.9 Å². The van der Waals surface area contributed by atoms with E-state index >= 15 is 0 Å². The fourth-order valence-electron chi connectivity index (χ4n) is 1.86. The van der Waals surface area contributed by atoms with Crippen molar-refractivity contribution in [3.05, 3.63) is 46.0 Å². The SMILES string of the molecule is COC(OC)C(C)(C[N+](=O)[O-])SCc1ccccc1. The maximum Gasteiger partial charge on any atom is 0.223 e. The maximum absolute atomic E-state index is 10.8. The van der Waals surface area contributed by atoms with Crippen LogP contribution < -0.4 is 0 Å². The van der Waals surface area contributed by atoms with Crippen molar-refractivity contribution >= 4 is 11.8 Å². The highest BCUT2D eigenvalue weighted by Crippen LogP contribution is 2.33. The van der Waals surface area contributed by atoms with Gasteiger partial charge in [-0.1, -0.05) is 30.3 Å². The molecule has 0 spiro atoms. The summed E-state index contributed by atoms with van der Waals surface area (Å²) in [5, 5.41) is 10.8. The summed E-state index contributed by atoms with van der Waals surface area (Å²) in [4.78, 5) is 10.5. The van der Waals surface area contributed by atoms with Crippen molar-refractivity contribution in [2.75, 3.05) is 20.8 Å². The molecule has 0 aliphatic carbocycles. The lowest BCUT2D eigenvalue weighted by Crippen LogP contribution is -2.44. The van der Waals surface area contributed by atoms with Crippen molar-refractivity contribution in [2.45, 2.75) is 23.7 Å². The number of ether oxygens (including phenoxy) is 2. The molecule has 0 heterocycles. The van der Waals surface area contributed by atoms with Crippen molar-refractivity contribution in [1.29, 1.82) is 0 Å². The van der Waals surface area contributed by atoms with Crippen LogP contribution in [0, 0.1) is 10.1 Å². The van der Waals surface area contributed by atoms with E-state index in [0.717, 1.165) is 5.56 Å². The molecule has 1 unspecified atom stereocenters. The number of hydrogen-bond acceptors (Lipinski definition) is 5. The van der Waals surface area contributed by atoms with E-state index in [4.69, 9.17) is 9.47 Å². The zero-order chi connectivity index (χ0) is 14.3. The third-order valence-corrected chi connectivity index (χ3v) is 4.24. The Bertz CT molecular complexity index is 397. The first-order chi connectivity index (χ1) is 9.01. The lowest BCUT2D eigenvalue weighted by Gasteiger charge is -2.31. The van der Waals surface area contributed by atoms with Crippen LogP contribution >= 0.6 is 11.8 Å². The molecular formula is C13H19NO4S. The minimum absolute atomic E-state index is 0.211. The van der Waals surface area contributed by atoms with Gasteiger partial charge in [-0.25, -0.2) is 0 Å². The number of nitro groups is 1. The number of nitrogens with zero attached hydrogens (tertiary/aromatic N) is 1. The van der Waals surface area contributed by atoms with Gasteiger partial charge in [0.05, 0.1) is 0 Å². The van der Waals surface area contributed by atoms with Crippen LogP contribution in [0.3, 0.4) is 0 Å². The molecule has 0 bridgehead atoms. The summed E-state index contributed by atoms with van der Waals surface area (Å²) >= 11 is 1.47. The summed E-state index contributed by atoms with van der Waals surface area (Å²) < 4.78 is 9.68. The third-order valence-electron chi connectivity index (χ3n) is 2.78. The third kappa shape index (κ3) is 4.81. The van der Waals surface area contributed by atoms with Crippen LogP contribution in [0.1, 0.15) is 12.5 Å². The van der Waals surface area contributed by atoms with Crippen LogP contribution in [0.2, 0.25) is 0 Å². The molecule has 6 heteroatoms. The quantitative estimate of drug-likeness (QED) is 0.417. The second-order valence-electron chi connectivity index (χ2n) is 4.38. The number of benzene rings is 1. The Morgan fingerprint density at radius 3 is 2.37 bits per heavy atom. The number of thioether (sulfide) groups is 1. The Balaban J connectivity index is 2.76. The molecule has 1 atom stereocenters. The van der Waals surface area contributed by atoms with E-state index in [0.29, 0.717) is 5.75 Å². The van der Waals surface area contributed by atoms with Crippen LogP contribution in [0.15, 0.2) is 30.3 Å². The smallest absolute Gasteiger partial charge is 0.223 e. The highest BCUT2D eigenvalue weighted by Gasteiger charge is 2.40. The standard InChI is InChI=1S/C13H19NO4S/c1-13(10-14(15)16,12(17-2)18-3)19-9-11-7-5-4-6-8-11/h4-8,12H,9-10H2,1-3H3. The molecule has 1 aromatic rings. The zero-order valence-corrected chi connectivity index (χ0v) is 12.2. The van der Waals surface area contributed by atoms with Gasteiger partial charge in [-0.3, -0.25) is 10.1 Å². The molecule has 0 radical (unpaired) electrons. The van der Waals surface area contributed by atoms with E-state index < -0.39 is 11.0 Å². The van der Waals surface area contributed by atoms with Gasteiger partial charge in [0.2, 0.25) is 6.54 Å². The minimum Gasteiger partial charge on any atom is -0.354 e. The molecule has 1 rings (SSSR count). The van der Waals surface area contributed by atoms with Crippen molar-refractivity contribution in [3.63, 3.8) is 0 Å². The molecule has 0 aliphatic heterocycles. The Kier molecular flexibility index (Phi) is 6.27. The van der Waals surface area contributed by atoms with Crippen LogP contribution in [0.4, 0.5) is 0 Å². The van der Waals surface area contributed by atoms with Crippen molar-refractivity contribution in [1.82, 2.24) is 0 Å². The molecule has 0 fully saturated rings. The molecule has 19 heavy (non-hydrogen) atoms. The Labute approximate surface area is 117 Å². The molecule has 5 nitrogen and oxygen atoms in total. The molecule has 0 N–H and O–H groups in total. The largest absolute Gasteiger partial charge is 0.354 e. The van der Waals surface area contributed by atoms with E-state index in [9.17, 15) is 10.1 Å². The van der Waals surface area contributed by atoms with Crippen molar-refractivity contribution < 1.29 is 14.4 Å². The summed E-state index contributed by atoms with van der Waals surface area (Å²) in [6.45, 7) is 1.58. The normalized spacial score (nSPS) is 14.3. The molecule has 0 amide bonds. The number of rotatable bonds is 8. The number of methoxy groups -OCH3 is 2. The summed E-state index contributed by atoms with van der Waals surface area (Å²) in [6.07, 6.45) is -0.619. The van der Waals surface area contributed by atoms with E-state index in [-0.39, 0.29) is 11.5 Å². The summed E-state index contributed by atoms with van der Waals surface area (Å²) in [6, 6.07) is 9.83. The Hall–Kier alpha value is -1.11. The highest BCUT2D eigenvalue weighted by molar-refractivity contribution is 7.99. The second-order valence-corrected chi connectivity index (χ2v) is 5.89. The van der Waals surface area contributed by atoms with Crippen molar-refractivity contribution in [2.24, 2.45) is 0 Å². The van der Waals surface area contributed by atoms with Gasteiger partial charge in [-0.05, 0) is 12.5 Å². The maximum atomic E-state index is 10.8. The van der Waals surface area contributed by atoms with Crippen LogP contribution in [0.25, 0.3) is 0 Å². The fourth-order valence-corrected chi connectivity index (χ4v) is 3.08. The monoisotopic (exact) mass is 285 g/mol. The molecule has 0 saturated heterocycles. The van der Waals surface area contributed by atoms with E-state index in [1.165, 1.54) is 26.0 Å². The van der Waals surface area contributed by atoms with Crippen molar-refractivity contribution in [3.8, 4) is 0 Å². The van der Waals surface area contributed by atoms with E-state index in [1.807, 2.05) is 30.3 Å². The predicted molar refractivity (Wildman–Crippen MR) is 75.8 cm³/mol. The molecular weight excluding hydrogens is 266 g/mol. The van der Waals surface area contributed by atoms with Gasteiger partial charge in [0.15, 0.2) is 6.29 Å². The van der Waals surface area contributed by atoms with E-state index in [2.05, 4.69) is 0 Å². The minimum atomic E-state index is -0.733. The number of hydrogen-bond donors (Lipinski definition) is 0. The van der Waals surface area contributed by atoms with Gasteiger partial charge >= 0.3 is 0 Å². The summed E-state index contributed by atoms with van der Waals surface area (Å²) in [5.41, 5.74) is 1.12. The second kappa shape index (κ2) is 7.47. The molecule has 1 aromatic carbocycles. The van der Waals surface area contributed by atoms with Gasteiger partial charge in [0.25, 0.3) is 0 Å². The lowest BCUT2D eigenvalue weighted by molar-refractivity contribution is -0.488. The van der Waals surface area contributed by atoms with Gasteiger partial charge in [-0.15, -0.1) is 11.8 Å². The van der Waals surface area contributed by atoms with Gasteiger partial charge in [0.1, 0.15) is 4.75 Å². The van der Waals surface area contributed by atoms with Crippen LogP contribution in [-0.2, 0) is 15.2 Å². The Morgan fingerprint density at radius 2 is 1.89 bits per heavy atom. The average molecular weight is 285 g/mol. The van der Waals surface area contributed by atoms with Crippen LogP contribution in [-0.4, -0.2) is 36.7 Å². The molecule has 0 aromatic heterocycles. The Morgan fingerprint density at radius 1 is 1.32 bits per heavy atom. The topological polar surface area (TPSA) is 61.6 Å². The van der Waals surface area contributed by atoms with Crippen LogP contribution in [0.5, 0.6) is 0 Å². The molecule has 106 valence electrons. The first kappa shape index (κ1) is 15.9. The van der Waals surface area contributed by atoms with Gasteiger partial charge in [-0.2, -0.15) is 0 Å². The van der Waals surface area contributed by atoms with E-state index in [1.54, 1.807) is 6.92 Å². The lowest BCUT2D eigenvalue weighted by atomic mass is 10.1. The first-order valence-corrected chi connectivity index (χ1v) is 6.85. The molecule has 0 aliphatic rings. The summed E-state index contributed by atoms with van der Waals surface area (Å²) in [5.74, 6) is 0.675. The highest BCUT2D eigenvalue weighted by atomic mass is 32.2. The zero-order valence-electron chi connectivity index (χ0n) is 11.4. The summed E-state index contributed by atoms with van der Waals surface area (Å²) in [7, 11) is 2.99. The van der Waals surface area contributed by atoms with Gasteiger partial charge < -0.3 is 9.47 Å². The average Bonchev–Trinajstić information content (AvgIpc) is 2.38.